The van der Waals surface area contributed by atoms with Crippen molar-refractivity contribution in [3.05, 3.63) is 71.8 Å². The number of likely N-dealkylation sites (N-methyl/N-ethyl adjacent to an activating group) is 1. The van der Waals surface area contributed by atoms with E-state index in [0.29, 0.717) is 30.2 Å². The number of hydrogen-bond donors (Lipinski definition) is 4. The third-order valence-electron chi connectivity index (χ3n) is 9.20. The summed E-state index contributed by atoms with van der Waals surface area (Å²) in [4.78, 5) is 43.5. The number of aliphatic hydroxyl groups is 1. The Labute approximate surface area is 311 Å². The van der Waals surface area contributed by atoms with E-state index < -0.39 is 35.8 Å². The molecule has 0 aliphatic carbocycles. The van der Waals surface area contributed by atoms with Crippen molar-refractivity contribution < 1.29 is 51.6 Å². The van der Waals surface area contributed by atoms with Gasteiger partial charge in [-0.25, -0.2) is 9.59 Å². The van der Waals surface area contributed by atoms with Crippen LogP contribution in [-0.2, 0) is 10.9 Å². The molecule has 54 heavy (non-hydrogen) atoms. The Bertz CT molecular complexity index is 1780. The zero-order valence-corrected chi connectivity index (χ0v) is 30.6. The van der Waals surface area contributed by atoms with Crippen LogP contribution < -0.4 is 30.2 Å². The van der Waals surface area contributed by atoms with Crippen LogP contribution in [0.3, 0.4) is 0 Å². The first-order valence-electron chi connectivity index (χ1n) is 17.7. The molecular formula is C38H46F3N5O8. The lowest BCUT2D eigenvalue weighted by Crippen LogP contribution is -2.48. The molecule has 0 saturated heterocycles. The summed E-state index contributed by atoms with van der Waals surface area (Å²) >= 11 is 0. The molecule has 0 saturated carbocycles. The molecule has 0 spiro atoms. The third-order valence-corrected chi connectivity index (χ3v) is 9.20. The summed E-state index contributed by atoms with van der Waals surface area (Å²) < 4.78 is 62.3. The molecule has 5 amide bonds. The van der Waals surface area contributed by atoms with Crippen molar-refractivity contribution in [2.24, 2.45) is 5.92 Å². The minimum absolute atomic E-state index is 0.110. The standard InChI is InChI=1S/C38H46F3N5O8/c1-23-19-46(24(2)21-47)35(48)30-17-28(43-36(49)42-27-10-8-26(9-11-27)38(39,40)41)12-14-31(30)54-25(3)7-5-6-16-51-34(23)20-45(4)37(50)44-29-13-15-32-33(18-29)53-22-52-32/h8-15,17-18,23-25,34,47H,5-7,16,19-22H2,1-4H3,(H,44,50)(H2,42,43,49)/t23-,24+,25-,34-/m0/s1. The van der Waals surface area contributed by atoms with Gasteiger partial charge in [-0.1, -0.05) is 6.92 Å². The van der Waals surface area contributed by atoms with E-state index in [0.717, 1.165) is 37.1 Å². The topological polar surface area (TPSA) is 151 Å². The Morgan fingerprint density at radius 1 is 0.926 bits per heavy atom. The number of rotatable bonds is 7. The lowest BCUT2D eigenvalue weighted by molar-refractivity contribution is -0.137. The maximum Gasteiger partial charge on any atom is 0.416 e. The second kappa shape index (κ2) is 17.7. The quantitative estimate of drug-likeness (QED) is 0.201. The molecule has 3 aromatic carbocycles. The van der Waals surface area contributed by atoms with Crippen molar-refractivity contribution >= 4 is 35.0 Å². The number of nitrogens with zero attached hydrogens (tertiary/aromatic N) is 2. The van der Waals surface area contributed by atoms with Crippen molar-refractivity contribution in [2.45, 2.75) is 64.5 Å². The summed E-state index contributed by atoms with van der Waals surface area (Å²) in [7, 11) is 1.65. The number of nitrogens with one attached hydrogen (secondary N) is 3. The molecule has 4 N–H and O–H groups in total. The molecule has 0 aromatic heterocycles. The van der Waals surface area contributed by atoms with E-state index in [-0.39, 0.29) is 67.2 Å². The molecule has 0 unspecified atom stereocenters. The summed E-state index contributed by atoms with van der Waals surface area (Å²) in [5, 5.41) is 18.2. The van der Waals surface area contributed by atoms with Crippen molar-refractivity contribution in [1.82, 2.24) is 9.80 Å². The van der Waals surface area contributed by atoms with Gasteiger partial charge < -0.3 is 49.8 Å². The largest absolute Gasteiger partial charge is 0.490 e. The third kappa shape index (κ3) is 10.5. The van der Waals surface area contributed by atoms with Crippen molar-refractivity contribution in [1.29, 1.82) is 0 Å². The SMILES string of the molecule is C[C@H](CO)N1C[C@H](C)[C@H](CN(C)C(=O)Nc2ccc3c(c2)OCO3)OCCCC[C@H](C)Oc2ccc(NC(=O)Nc3ccc(C(F)(F)F)cc3)cc2C1=O. The molecule has 292 valence electrons. The fourth-order valence-corrected chi connectivity index (χ4v) is 6.04. The molecule has 5 rings (SSSR count). The number of fused-ring (bicyclic) bond motifs is 2. The van der Waals surface area contributed by atoms with Gasteiger partial charge in [0, 0.05) is 55.8 Å². The van der Waals surface area contributed by atoms with Crippen molar-refractivity contribution in [3.8, 4) is 17.2 Å². The molecule has 0 fully saturated rings. The summed E-state index contributed by atoms with van der Waals surface area (Å²) in [5.74, 6) is 0.631. The van der Waals surface area contributed by atoms with Gasteiger partial charge in [-0.15, -0.1) is 0 Å². The van der Waals surface area contributed by atoms with Gasteiger partial charge in [0.05, 0.1) is 36.0 Å². The number of ether oxygens (including phenoxy) is 4. The van der Waals surface area contributed by atoms with Crippen LogP contribution in [0.15, 0.2) is 60.7 Å². The Hall–Kier alpha value is -5.22. The highest BCUT2D eigenvalue weighted by molar-refractivity contribution is 6.02. The second-order valence-corrected chi connectivity index (χ2v) is 13.5. The van der Waals surface area contributed by atoms with E-state index in [1.165, 1.54) is 15.9 Å². The number of carbonyl (C=O) groups excluding carboxylic acids is 3. The molecule has 2 heterocycles. The van der Waals surface area contributed by atoms with E-state index in [1.54, 1.807) is 44.3 Å². The van der Waals surface area contributed by atoms with Crippen LogP contribution in [0.25, 0.3) is 0 Å². The number of carbonyl (C=O) groups is 3. The molecule has 13 nitrogen and oxygen atoms in total. The first-order valence-corrected chi connectivity index (χ1v) is 17.7. The molecule has 2 aliphatic rings. The van der Waals surface area contributed by atoms with E-state index in [9.17, 15) is 32.7 Å². The minimum atomic E-state index is -4.52. The molecule has 4 atom stereocenters. The van der Waals surface area contributed by atoms with E-state index >= 15 is 0 Å². The summed E-state index contributed by atoms with van der Waals surface area (Å²) in [6.07, 6.45) is -3.14. The maximum atomic E-state index is 14.4. The normalized spacial score (nSPS) is 19.8. The average molecular weight is 758 g/mol. The zero-order chi connectivity index (χ0) is 39.0. The number of halogens is 3. The summed E-state index contributed by atoms with van der Waals surface area (Å²) in [6, 6.07) is 12.0. The van der Waals surface area contributed by atoms with Gasteiger partial charge in [0.2, 0.25) is 6.79 Å². The fraction of sp³-hybridized carbons (Fsp3) is 0.447. The van der Waals surface area contributed by atoms with Gasteiger partial charge in [-0.05, 0) is 87.7 Å². The lowest BCUT2D eigenvalue weighted by Gasteiger charge is -2.35. The number of hydrogen-bond acceptors (Lipinski definition) is 8. The lowest BCUT2D eigenvalue weighted by atomic mass is 10.0. The Balaban J connectivity index is 1.34. The Morgan fingerprint density at radius 3 is 2.28 bits per heavy atom. The van der Waals surface area contributed by atoms with E-state index in [2.05, 4.69) is 16.0 Å². The summed E-state index contributed by atoms with van der Waals surface area (Å²) in [5.41, 5.74) is 0.181. The van der Waals surface area contributed by atoms with Gasteiger partial charge in [0.25, 0.3) is 5.91 Å². The minimum Gasteiger partial charge on any atom is -0.490 e. The Kier molecular flexibility index (Phi) is 13.1. The number of urea groups is 2. The number of amides is 5. The van der Waals surface area contributed by atoms with Gasteiger partial charge in [0.15, 0.2) is 11.5 Å². The summed E-state index contributed by atoms with van der Waals surface area (Å²) in [6.45, 7) is 6.03. The fourth-order valence-electron chi connectivity index (χ4n) is 6.04. The molecule has 0 radical (unpaired) electrons. The predicted molar refractivity (Wildman–Crippen MR) is 195 cm³/mol. The van der Waals surface area contributed by atoms with Crippen molar-refractivity contribution in [2.75, 3.05) is 56.1 Å². The second-order valence-electron chi connectivity index (χ2n) is 13.5. The van der Waals surface area contributed by atoms with Gasteiger partial charge in [0.1, 0.15) is 5.75 Å². The molecule has 2 aliphatic heterocycles. The first-order chi connectivity index (χ1) is 25.7. The molecule has 16 heteroatoms. The van der Waals surface area contributed by atoms with Gasteiger partial charge in [-0.3, -0.25) is 4.79 Å². The monoisotopic (exact) mass is 757 g/mol. The predicted octanol–water partition coefficient (Wildman–Crippen LogP) is 7.04. The van der Waals surface area contributed by atoms with Crippen LogP contribution in [0.4, 0.5) is 39.8 Å². The van der Waals surface area contributed by atoms with Crippen LogP contribution in [0, 0.1) is 5.92 Å². The van der Waals surface area contributed by atoms with Crippen LogP contribution in [0.2, 0.25) is 0 Å². The van der Waals surface area contributed by atoms with Crippen molar-refractivity contribution in [3.63, 3.8) is 0 Å². The molecular weight excluding hydrogens is 711 g/mol. The van der Waals surface area contributed by atoms with Crippen LogP contribution >= 0.6 is 0 Å². The zero-order valence-electron chi connectivity index (χ0n) is 30.6. The highest BCUT2D eigenvalue weighted by Gasteiger charge is 2.32. The average Bonchev–Trinajstić information content (AvgIpc) is 3.60. The highest BCUT2D eigenvalue weighted by atomic mass is 19.4. The molecule has 0 bridgehead atoms. The van der Waals surface area contributed by atoms with Crippen LogP contribution in [0.5, 0.6) is 17.2 Å². The highest BCUT2D eigenvalue weighted by Crippen LogP contribution is 2.35. The number of anilines is 3. The van der Waals surface area contributed by atoms with E-state index in [4.69, 9.17) is 18.9 Å². The molecule has 3 aromatic rings. The van der Waals surface area contributed by atoms with Gasteiger partial charge >= 0.3 is 18.2 Å². The van der Waals surface area contributed by atoms with Crippen LogP contribution in [-0.4, -0.2) is 91.3 Å². The maximum absolute atomic E-state index is 14.4. The Morgan fingerprint density at radius 2 is 1.57 bits per heavy atom. The van der Waals surface area contributed by atoms with E-state index in [1.807, 2.05) is 13.8 Å². The smallest absolute Gasteiger partial charge is 0.416 e. The number of aliphatic hydroxyl groups excluding tert-OH is 1. The van der Waals surface area contributed by atoms with Gasteiger partial charge in [-0.2, -0.15) is 13.2 Å². The first kappa shape index (κ1) is 40.0. The van der Waals surface area contributed by atoms with Crippen LogP contribution in [0.1, 0.15) is 56.0 Å². The number of benzene rings is 3. The number of alkyl halides is 3.